The summed E-state index contributed by atoms with van der Waals surface area (Å²) in [5, 5.41) is 3.18. The molecule has 0 radical (unpaired) electrons. The van der Waals surface area contributed by atoms with Gasteiger partial charge < -0.3 is 9.88 Å². The average molecular weight is 237 g/mol. The lowest BCUT2D eigenvalue weighted by Gasteiger charge is -2.23. The monoisotopic (exact) mass is 237 g/mol. The van der Waals surface area contributed by atoms with Crippen molar-refractivity contribution < 1.29 is 0 Å². The average Bonchev–Trinajstić information content (AvgIpc) is 2.19. The van der Waals surface area contributed by atoms with Gasteiger partial charge in [-0.2, -0.15) is 0 Å². The van der Waals surface area contributed by atoms with E-state index >= 15 is 0 Å². The maximum atomic E-state index is 12.2. The van der Waals surface area contributed by atoms with E-state index in [-0.39, 0.29) is 17.1 Å². The number of hydrogen-bond donors (Lipinski definition) is 1. The molecule has 0 saturated carbocycles. The van der Waals surface area contributed by atoms with Crippen molar-refractivity contribution in [2.75, 3.05) is 5.32 Å². The van der Waals surface area contributed by atoms with Gasteiger partial charge in [0.1, 0.15) is 0 Å². The lowest BCUT2D eigenvalue weighted by atomic mass is 10.1. The number of aromatic nitrogens is 2. The van der Waals surface area contributed by atoms with Gasteiger partial charge >= 0.3 is 0 Å². The third-order valence-corrected chi connectivity index (χ3v) is 2.67. The van der Waals surface area contributed by atoms with Gasteiger partial charge in [0, 0.05) is 24.0 Å². The molecule has 1 heterocycles. The minimum atomic E-state index is -0.218. The molecule has 4 nitrogen and oxygen atoms in total. The molecule has 0 aliphatic heterocycles. The number of rotatable bonds is 4. The summed E-state index contributed by atoms with van der Waals surface area (Å²) in [7, 11) is 0. The van der Waals surface area contributed by atoms with E-state index in [2.05, 4.69) is 24.1 Å². The van der Waals surface area contributed by atoms with Crippen molar-refractivity contribution in [1.82, 2.24) is 9.55 Å². The first-order valence-electron chi connectivity index (χ1n) is 6.21. The van der Waals surface area contributed by atoms with E-state index in [1.165, 1.54) is 0 Å². The summed E-state index contributed by atoms with van der Waals surface area (Å²) in [6, 6.07) is 0.274. The number of anilines is 1. The summed E-state index contributed by atoms with van der Waals surface area (Å²) in [5.41, 5.74) is -0.271. The molecule has 0 aromatic carbocycles. The standard InChI is InChI=1S/C13H23N3O/c1-6-7-10(2)15-11-12(17)16(9-8-14-11)13(3,4)5/h8-10H,6-7H2,1-5H3,(H,14,15). The van der Waals surface area contributed by atoms with Gasteiger partial charge in [0.05, 0.1) is 0 Å². The van der Waals surface area contributed by atoms with Crippen LogP contribution in [-0.2, 0) is 5.54 Å². The fourth-order valence-corrected chi connectivity index (χ4v) is 1.78. The fraction of sp³-hybridized carbons (Fsp3) is 0.692. The first-order valence-corrected chi connectivity index (χ1v) is 6.21. The Labute approximate surface area is 103 Å². The van der Waals surface area contributed by atoms with E-state index in [1.807, 2.05) is 20.8 Å². The van der Waals surface area contributed by atoms with E-state index in [4.69, 9.17) is 0 Å². The summed E-state index contributed by atoms with van der Waals surface area (Å²) < 4.78 is 1.71. The first-order chi connectivity index (χ1) is 7.86. The van der Waals surface area contributed by atoms with E-state index < -0.39 is 0 Å². The van der Waals surface area contributed by atoms with Gasteiger partial charge in [-0.3, -0.25) is 4.79 Å². The molecule has 1 rings (SSSR count). The molecule has 1 aromatic rings. The highest BCUT2D eigenvalue weighted by Crippen LogP contribution is 2.11. The van der Waals surface area contributed by atoms with Gasteiger partial charge in [0.25, 0.3) is 5.56 Å². The molecule has 1 N–H and O–H groups in total. The Kier molecular flexibility index (Phi) is 4.32. The van der Waals surface area contributed by atoms with Crippen LogP contribution in [0.4, 0.5) is 5.82 Å². The molecular formula is C13H23N3O. The summed E-state index contributed by atoms with van der Waals surface area (Å²) in [6.45, 7) is 10.2. The van der Waals surface area contributed by atoms with Crippen molar-refractivity contribution in [3.05, 3.63) is 22.7 Å². The highest BCUT2D eigenvalue weighted by atomic mass is 16.1. The van der Waals surface area contributed by atoms with Gasteiger partial charge in [-0.25, -0.2) is 4.98 Å². The van der Waals surface area contributed by atoms with Crippen molar-refractivity contribution >= 4 is 5.82 Å². The third-order valence-electron chi connectivity index (χ3n) is 2.67. The van der Waals surface area contributed by atoms with Crippen LogP contribution >= 0.6 is 0 Å². The van der Waals surface area contributed by atoms with Gasteiger partial charge in [0.2, 0.25) is 0 Å². The van der Waals surface area contributed by atoms with E-state index in [0.717, 1.165) is 12.8 Å². The maximum Gasteiger partial charge on any atom is 0.293 e. The number of hydrogen-bond acceptors (Lipinski definition) is 3. The van der Waals surface area contributed by atoms with Crippen molar-refractivity contribution in [2.24, 2.45) is 0 Å². The van der Waals surface area contributed by atoms with Crippen LogP contribution in [0, 0.1) is 0 Å². The second-order valence-corrected chi connectivity index (χ2v) is 5.46. The van der Waals surface area contributed by atoms with Crippen molar-refractivity contribution in [3.8, 4) is 0 Å². The van der Waals surface area contributed by atoms with Crippen LogP contribution in [0.1, 0.15) is 47.5 Å². The predicted octanol–water partition coefficient (Wildman–Crippen LogP) is 2.60. The summed E-state index contributed by atoms with van der Waals surface area (Å²) in [4.78, 5) is 16.3. The minimum Gasteiger partial charge on any atom is -0.363 e. The highest BCUT2D eigenvalue weighted by Gasteiger charge is 2.17. The van der Waals surface area contributed by atoms with Gasteiger partial charge in [-0.15, -0.1) is 0 Å². The Bertz CT molecular complexity index is 417. The Morgan fingerprint density at radius 2 is 2.12 bits per heavy atom. The van der Waals surface area contributed by atoms with Crippen LogP contribution in [0.3, 0.4) is 0 Å². The minimum absolute atomic E-state index is 0.0528. The van der Waals surface area contributed by atoms with Crippen LogP contribution in [-0.4, -0.2) is 15.6 Å². The summed E-state index contributed by atoms with van der Waals surface area (Å²) in [5.74, 6) is 0.448. The summed E-state index contributed by atoms with van der Waals surface area (Å²) >= 11 is 0. The highest BCUT2D eigenvalue weighted by molar-refractivity contribution is 5.32. The lowest BCUT2D eigenvalue weighted by Crippen LogP contribution is -2.36. The zero-order valence-electron chi connectivity index (χ0n) is 11.4. The molecule has 1 aromatic heterocycles. The van der Waals surface area contributed by atoms with Crippen molar-refractivity contribution in [1.29, 1.82) is 0 Å². The van der Waals surface area contributed by atoms with Gasteiger partial charge in [-0.1, -0.05) is 13.3 Å². The quantitative estimate of drug-likeness (QED) is 0.875. The molecular weight excluding hydrogens is 214 g/mol. The zero-order chi connectivity index (χ0) is 13.1. The molecule has 1 unspecified atom stereocenters. The number of nitrogens with zero attached hydrogens (tertiary/aromatic N) is 2. The molecule has 0 fully saturated rings. The van der Waals surface area contributed by atoms with Crippen LogP contribution in [0.25, 0.3) is 0 Å². The molecule has 0 aliphatic rings. The smallest absolute Gasteiger partial charge is 0.293 e. The largest absolute Gasteiger partial charge is 0.363 e. The van der Waals surface area contributed by atoms with Crippen LogP contribution in [0.2, 0.25) is 0 Å². The second kappa shape index (κ2) is 5.34. The summed E-state index contributed by atoms with van der Waals surface area (Å²) in [6.07, 6.45) is 5.53. The van der Waals surface area contributed by atoms with Gasteiger partial charge in [0.15, 0.2) is 5.82 Å². The Balaban J connectivity index is 3.00. The Morgan fingerprint density at radius 1 is 1.47 bits per heavy atom. The molecule has 0 amide bonds. The van der Waals surface area contributed by atoms with Crippen molar-refractivity contribution in [3.63, 3.8) is 0 Å². The molecule has 17 heavy (non-hydrogen) atoms. The zero-order valence-corrected chi connectivity index (χ0v) is 11.4. The topological polar surface area (TPSA) is 46.9 Å². The molecule has 4 heteroatoms. The molecule has 0 aliphatic carbocycles. The first kappa shape index (κ1) is 13.7. The van der Waals surface area contributed by atoms with Gasteiger partial charge in [-0.05, 0) is 34.1 Å². The molecule has 96 valence electrons. The normalized spacial score (nSPS) is 13.5. The lowest BCUT2D eigenvalue weighted by molar-refractivity contribution is 0.383. The van der Waals surface area contributed by atoms with Crippen molar-refractivity contribution in [2.45, 2.75) is 59.0 Å². The Morgan fingerprint density at radius 3 is 2.65 bits per heavy atom. The van der Waals surface area contributed by atoms with Crippen LogP contribution < -0.4 is 10.9 Å². The van der Waals surface area contributed by atoms with E-state index in [0.29, 0.717) is 5.82 Å². The SMILES string of the molecule is CCCC(C)Nc1nccn(C(C)(C)C)c1=O. The maximum absolute atomic E-state index is 12.2. The van der Waals surface area contributed by atoms with E-state index in [1.54, 1.807) is 17.0 Å². The second-order valence-electron chi connectivity index (χ2n) is 5.46. The number of nitrogens with one attached hydrogen (secondary N) is 1. The Hall–Kier alpha value is -1.32. The molecule has 1 atom stereocenters. The predicted molar refractivity (Wildman–Crippen MR) is 71.5 cm³/mol. The molecule has 0 saturated heterocycles. The molecule has 0 bridgehead atoms. The third kappa shape index (κ3) is 3.58. The fourth-order valence-electron chi connectivity index (χ4n) is 1.78. The van der Waals surface area contributed by atoms with Crippen LogP contribution in [0.5, 0.6) is 0 Å². The van der Waals surface area contributed by atoms with E-state index in [9.17, 15) is 4.79 Å². The van der Waals surface area contributed by atoms with Crippen LogP contribution in [0.15, 0.2) is 17.2 Å². The molecule has 0 spiro atoms.